The van der Waals surface area contributed by atoms with Gasteiger partial charge in [0.25, 0.3) is 0 Å². The Hall–Kier alpha value is -1.86. The number of aryl methyl sites for hydroxylation is 1. The van der Waals surface area contributed by atoms with Crippen LogP contribution in [0.25, 0.3) is 0 Å². The van der Waals surface area contributed by atoms with Crippen molar-refractivity contribution in [1.82, 2.24) is 10.2 Å². The van der Waals surface area contributed by atoms with Crippen LogP contribution in [0, 0.1) is 11.8 Å². The van der Waals surface area contributed by atoms with Crippen molar-refractivity contribution in [3.63, 3.8) is 0 Å². The van der Waals surface area contributed by atoms with Gasteiger partial charge in [-0.1, -0.05) is 38.0 Å². The molecule has 160 valence electrons. The monoisotopic (exact) mass is 427 g/mol. The number of rotatable bonds is 5. The molecular weight excluding hydrogens is 398 g/mol. The lowest BCUT2D eigenvalue weighted by Gasteiger charge is -2.31. The van der Waals surface area contributed by atoms with Gasteiger partial charge in [0.1, 0.15) is 5.54 Å². The first-order valence-corrected chi connectivity index (χ1v) is 12.5. The van der Waals surface area contributed by atoms with Crippen LogP contribution < -0.4 is 10.6 Å². The molecule has 4 atom stereocenters. The molecule has 0 unspecified atom stereocenters. The van der Waals surface area contributed by atoms with E-state index in [2.05, 4.69) is 17.6 Å². The number of benzene rings is 1. The summed E-state index contributed by atoms with van der Waals surface area (Å²) in [6, 6.07) is 5.75. The SMILES string of the molecule is CCc1cccc2c1NC(=O)[C@@]21N[C@H](CCSC)[C@H]2C(=O)N(C3CCCC3)C(=O)[C@@H]21. The van der Waals surface area contributed by atoms with Gasteiger partial charge in [-0.25, -0.2) is 0 Å². The Labute approximate surface area is 181 Å². The third kappa shape index (κ3) is 2.57. The molecule has 4 aliphatic rings. The Morgan fingerprint density at radius 2 is 1.93 bits per heavy atom. The predicted octanol–water partition coefficient (Wildman–Crippen LogP) is 2.67. The number of nitrogens with zero attached hydrogens (tertiary/aromatic N) is 1. The Kier molecular flexibility index (Phi) is 4.93. The molecule has 6 nitrogen and oxygen atoms in total. The molecule has 2 N–H and O–H groups in total. The van der Waals surface area contributed by atoms with E-state index in [4.69, 9.17) is 0 Å². The lowest BCUT2D eigenvalue weighted by atomic mass is 9.76. The fraction of sp³-hybridized carbons (Fsp3) is 0.609. The summed E-state index contributed by atoms with van der Waals surface area (Å²) >= 11 is 1.72. The molecule has 3 aliphatic heterocycles. The van der Waals surface area contributed by atoms with Gasteiger partial charge in [-0.15, -0.1) is 0 Å². The van der Waals surface area contributed by atoms with E-state index in [-0.39, 0.29) is 29.8 Å². The maximum atomic E-state index is 13.8. The first-order chi connectivity index (χ1) is 14.5. The molecule has 1 saturated carbocycles. The molecule has 1 spiro atoms. The van der Waals surface area contributed by atoms with Crippen molar-refractivity contribution in [2.75, 3.05) is 17.3 Å². The fourth-order valence-electron chi connectivity index (χ4n) is 6.22. The molecule has 30 heavy (non-hydrogen) atoms. The molecule has 1 aliphatic carbocycles. The van der Waals surface area contributed by atoms with Crippen molar-refractivity contribution in [3.8, 4) is 0 Å². The molecule has 1 aromatic rings. The minimum atomic E-state index is -1.14. The Balaban J connectivity index is 1.63. The summed E-state index contributed by atoms with van der Waals surface area (Å²) < 4.78 is 0. The van der Waals surface area contributed by atoms with Crippen LogP contribution >= 0.6 is 11.8 Å². The summed E-state index contributed by atoms with van der Waals surface area (Å²) in [6.07, 6.45) is 7.48. The molecule has 3 amide bonds. The zero-order valence-electron chi connectivity index (χ0n) is 17.6. The van der Waals surface area contributed by atoms with Gasteiger partial charge in [0, 0.05) is 23.3 Å². The number of hydrogen-bond acceptors (Lipinski definition) is 5. The summed E-state index contributed by atoms with van der Waals surface area (Å²) in [5.41, 5.74) is 1.58. The van der Waals surface area contributed by atoms with Crippen LogP contribution in [0.3, 0.4) is 0 Å². The Morgan fingerprint density at radius 1 is 1.17 bits per heavy atom. The van der Waals surface area contributed by atoms with E-state index >= 15 is 0 Å². The van der Waals surface area contributed by atoms with Crippen molar-refractivity contribution < 1.29 is 14.4 Å². The number of thioether (sulfide) groups is 1. The van der Waals surface area contributed by atoms with E-state index < -0.39 is 17.4 Å². The number of para-hydroxylation sites is 1. The van der Waals surface area contributed by atoms with Crippen LogP contribution in [0.1, 0.15) is 50.2 Å². The van der Waals surface area contributed by atoms with Gasteiger partial charge in [-0.05, 0) is 43.3 Å². The van der Waals surface area contributed by atoms with Crippen LogP contribution in [0.5, 0.6) is 0 Å². The second-order valence-corrected chi connectivity index (χ2v) is 9.96. The minimum Gasteiger partial charge on any atom is -0.324 e. The highest BCUT2D eigenvalue weighted by Gasteiger charge is 2.70. The summed E-state index contributed by atoms with van der Waals surface area (Å²) in [6.45, 7) is 2.06. The average Bonchev–Trinajstić information content (AvgIpc) is 3.48. The summed E-state index contributed by atoms with van der Waals surface area (Å²) in [5.74, 6) is -0.653. The van der Waals surface area contributed by atoms with Gasteiger partial charge >= 0.3 is 0 Å². The Morgan fingerprint density at radius 3 is 2.63 bits per heavy atom. The average molecular weight is 428 g/mol. The zero-order valence-corrected chi connectivity index (χ0v) is 18.4. The van der Waals surface area contributed by atoms with Gasteiger partial charge in [-0.2, -0.15) is 11.8 Å². The van der Waals surface area contributed by atoms with Crippen LogP contribution in [-0.4, -0.2) is 46.7 Å². The maximum absolute atomic E-state index is 13.8. The van der Waals surface area contributed by atoms with Crippen molar-refractivity contribution >= 4 is 35.2 Å². The summed E-state index contributed by atoms with van der Waals surface area (Å²) in [4.78, 5) is 42.4. The van der Waals surface area contributed by atoms with E-state index in [0.29, 0.717) is 0 Å². The molecule has 0 bridgehead atoms. The number of carbonyl (C=O) groups excluding carboxylic acids is 3. The standard InChI is InChI=1S/C23H29N3O3S/c1-3-13-7-6-10-15-19(13)24-22(29)23(15)18-17(16(25-23)11-12-30-2)20(27)26(21(18)28)14-8-4-5-9-14/h6-7,10,14,16-18,25H,3-5,8-9,11-12H2,1-2H3,(H,24,29)/t16-,17-,18-,23-/m1/s1. The van der Waals surface area contributed by atoms with E-state index in [1.54, 1.807) is 16.7 Å². The summed E-state index contributed by atoms with van der Waals surface area (Å²) in [5, 5.41) is 6.61. The number of likely N-dealkylation sites (tertiary alicyclic amines) is 1. The highest BCUT2D eigenvalue weighted by molar-refractivity contribution is 7.98. The lowest BCUT2D eigenvalue weighted by molar-refractivity contribution is -0.145. The maximum Gasteiger partial charge on any atom is 0.250 e. The number of amides is 3. The van der Waals surface area contributed by atoms with Gasteiger partial charge in [0.05, 0.1) is 11.8 Å². The number of nitrogens with one attached hydrogen (secondary N) is 2. The topological polar surface area (TPSA) is 78.5 Å². The Bertz CT molecular complexity index is 913. The van der Waals surface area contributed by atoms with Gasteiger partial charge in [-0.3, -0.25) is 24.6 Å². The highest BCUT2D eigenvalue weighted by atomic mass is 32.2. The zero-order chi connectivity index (χ0) is 21.0. The van der Waals surface area contributed by atoms with Crippen molar-refractivity contribution in [1.29, 1.82) is 0 Å². The minimum absolute atomic E-state index is 0.000221. The summed E-state index contributed by atoms with van der Waals surface area (Å²) in [7, 11) is 0. The van der Waals surface area contributed by atoms with Crippen molar-refractivity contribution in [2.24, 2.45) is 11.8 Å². The van der Waals surface area contributed by atoms with E-state index in [1.165, 1.54) is 0 Å². The number of carbonyl (C=O) groups is 3. The lowest BCUT2D eigenvalue weighted by Crippen LogP contribution is -2.54. The van der Waals surface area contributed by atoms with Crippen molar-refractivity contribution in [3.05, 3.63) is 29.3 Å². The number of anilines is 1. The molecule has 0 radical (unpaired) electrons. The van der Waals surface area contributed by atoms with Crippen molar-refractivity contribution in [2.45, 2.75) is 63.1 Å². The molecule has 7 heteroatoms. The molecule has 2 saturated heterocycles. The van der Waals surface area contributed by atoms with E-state index in [1.807, 2.05) is 24.5 Å². The third-order valence-electron chi connectivity index (χ3n) is 7.57. The number of hydrogen-bond donors (Lipinski definition) is 2. The van der Waals surface area contributed by atoms with Crippen LogP contribution in [0.2, 0.25) is 0 Å². The van der Waals surface area contributed by atoms with Gasteiger partial charge < -0.3 is 5.32 Å². The van der Waals surface area contributed by atoms with Crippen LogP contribution in [-0.2, 0) is 26.3 Å². The quantitative estimate of drug-likeness (QED) is 0.707. The first-order valence-electron chi connectivity index (χ1n) is 11.1. The predicted molar refractivity (Wildman–Crippen MR) is 117 cm³/mol. The van der Waals surface area contributed by atoms with Gasteiger partial charge in [0.2, 0.25) is 17.7 Å². The molecule has 3 heterocycles. The fourth-order valence-corrected chi connectivity index (χ4v) is 6.71. The molecule has 3 fully saturated rings. The molecule has 1 aromatic carbocycles. The molecular formula is C23H29N3O3S. The third-order valence-corrected chi connectivity index (χ3v) is 8.22. The van der Waals surface area contributed by atoms with E-state index in [0.717, 1.165) is 61.1 Å². The van der Waals surface area contributed by atoms with Gasteiger partial charge in [0.15, 0.2) is 0 Å². The first kappa shape index (κ1) is 20.1. The second kappa shape index (κ2) is 7.38. The van der Waals surface area contributed by atoms with Crippen LogP contribution in [0.4, 0.5) is 5.69 Å². The second-order valence-electron chi connectivity index (χ2n) is 8.98. The highest BCUT2D eigenvalue weighted by Crippen LogP contribution is 2.54. The number of fused-ring (bicyclic) bond motifs is 4. The van der Waals surface area contributed by atoms with Crippen LogP contribution in [0.15, 0.2) is 18.2 Å². The van der Waals surface area contributed by atoms with E-state index in [9.17, 15) is 14.4 Å². The number of imide groups is 1. The largest absolute Gasteiger partial charge is 0.324 e. The normalized spacial score (nSPS) is 32.9. The molecule has 5 rings (SSSR count). The molecule has 0 aromatic heterocycles. The smallest absolute Gasteiger partial charge is 0.250 e.